The largest absolute Gasteiger partial charge is 0.417 e. The van der Waals surface area contributed by atoms with Gasteiger partial charge in [-0.2, -0.15) is 13.2 Å². The van der Waals surface area contributed by atoms with Gasteiger partial charge in [-0.3, -0.25) is 4.79 Å². The first-order chi connectivity index (χ1) is 6.49. The van der Waals surface area contributed by atoms with E-state index in [1.807, 2.05) is 0 Å². The van der Waals surface area contributed by atoms with Crippen molar-refractivity contribution in [1.82, 2.24) is 0 Å². The summed E-state index contributed by atoms with van der Waals surface area (Å²) in [5, 5.41) is 0. The topological polar surface area (TPSA) is 17.1 Å². The van der Waals surface area contributed by atoms with E-state index in [-0.39, 0.29) is 11.8 Å². The van der Waals surface area contributed by atoms with Gasteiger partial charge in [0.05, 0.1) is 5.56 Å². The summed E-state index contributed by atoms with van der Waals surface area (Å²) in [4.78, 5) is 11.1. The number of alkyl halides is 3. The van der Waals surface area contributed by atoms with Gasteiger partial charge in [0, 0.05) is 10.5 Å². The molecule has 0 radical (unpaired) electrons. The molecule has 1 aromatic carbocycles. The first kappa shape index (κ1) is 11.1. The second-order valence-electron chi connectivity index (χ2n) is 2.57. The zero-order valence-corrected chi connectivity index (χ0v) is 8.08. The molecule has 0 saturated heterocycles. The smallest absolute Gasteiger partial charge is 0.298 e. The third kappa shape index (κ3) is 2.29. The van der Waals surface area contributed by atoms with Crippen molar-refractivity contribution in [2.24, 2.45) is 0 Å². The van der Waals surface area contributed by atoms with Gasteiger partial charge in [-0.25, -0.2) is 0 Å². The Morgan fingerprint density at radius 1 is 1.36 bits per heavy atom. The van der Waals surface area contributed by atoms with Gasteiger partial charge in [-0.05, 0) is 24.5 Å². The number of halogens is 3. The van der Waals surface area contributed by atoms with Crippen LogP contribution in [0.3, 0.4) is 0 Å². The highest BCUT2D eigenvalue weighted by atomic mass is 32.2. The molecule has 76 valence electrons. The molecule has 0 aliphatic carbocycles. The highest BCUT2D eigenvalue weighted by Gasteiger charge is 2.33. The van der Waals surface area contributed by atoms with E-state index >= 15 is 0 Å². The summed E-state index contributed by atoms with van der Waals surface area (Å²) < 4.78 is 36.9. The highest BCUT2D eigenvalue weighted by molar-refractivity contribution is 7.98. The van der Waals surface area contributed by atoms with Crippen LogP contribution in [0, 0.1) is 0 Å². The van der Waals surface area contributed by atoms with Crippen LogP contribution in [0.2, 0.25) is 0 Å². The van der Waals surface area contributed by atoms with Crippen LogP contribution in [0.1, 0.15) is 15.9 Å². The quantitative estimate of drug-likeness (QED) is 0.562. The number of hydrogen-bond donors (Lipinski definition) is 0. The van der Waals surface area contributed by atoms with E-state index in [1.54, 1.807) is 6.26 Å². The van der Waals surface area contributed by atoms with Crippen LogP contribution in [0.15, 0.2) is 23.1 Å². The van der Waals surface area contributed by atoms with Crippen molar-refractivity contribution in [3.8, 4) is 0 Å². The molecule has 0 unspecified atom stereocenters. The maximum atomic E-state index is 12.3. The molecule has 0 aliphatic rings. The molecule has 0 spiro atoms. The van der Waals surface area contributed by atoms with Crippen LogP contribution in [-0.4, -0.2) is 12.5 Å². The van der Waals surface area contributed by atoms with Gasteiger partial charge in [-0.15, -0.1) is 11.8 Å². The van der Waals surface area contributed by atoms with Crippen molar-refractivity contribution >= 4 is 18.0 Å². The lowest BCUT2D eigenvalue weighted by Crippen LogP contribution is -2.08. The first-order valence-corrected chi connectivity index (χ1v) is 4.92. The summed E-state index contributed by atoms with van der Waals surface area (Å²) in [7, 11) is 0. The van der Waals surface area contributed by atoms with Crippen LogP contribution in [0.25, 0.3) is 0 Å². The minimum Gasteiger partial charge on any atom is -0.298 e. The molecule has 0 heterocycles. The first-order valence-electron chi connectivity index (χ1n) is 3.69. The molecular weight excluding hydrogens is 213 g/mol. The lowest BCUT2D eigenvalue weighted by molar-refractivity contribution is -0.137. The number of hydrogen-bond acceptors (Lipinski definition) is 2. The standard InChI is InChI=1S/C9H7F3OS/c1-14-7-2-3-8(9(10,11)12)6(4-7)5-13/h2-5H,1H3. The fraction of sp³-hybridized carbons (Fsp3) is 0.222. The minimum absolute atomic E-state index is 0.225. The summed E-state index contributed by atoms with van der Waals surface area (Å²) in [5.41, 5.74) is -1.20. The zero-order valence-electron chi connectivity index (χ0n) is 7.26. The van der Waals surface area contributed by atoms with Crippen molar-refractivity contribution in [2.45, 2.75) is 11.1 Å². The predicted octanol–water partition coefficient (Wildman–Crippen LogP) is 3.24. The Kier molecular flexibility index (Phi) is 3.21. The van der Waals surface area contributed by atoms with E-state index in [2.05, 4.69) is 0 Å². The van der Waals surface area contributed by atoms with E-state index in [0.29, 0.717) is 4.90 Å². The van der Waals surface area contributed by atoms with Gasteiger partial charge >= 0.3 is 6.18 Å². The van der Waals surface area contributed by atoms with Gasteiger partial charge in [0.25, 0.3) is 0 Å². The van der Waals surface area contributed by atoms with Gasteiger partial charge in [-0.1, -0.05) is 0 Å². The molecule has 0 saturated carbocycles. The highest BCUT2D eigenvalue weighted by Crippen LogP contribution is 2.32. The summed E-state index contributed by atoms with van der Waals surface area (Å²) in [5.74, 6) is 0. The van der Waals surface area contributed by atoms with Gasteiger partial charge < -0.3 is 0 Å². The predicted molar refractivity (Wildman–Crippen MR) is 48.6 cm³/mol. The summed E-state index contributed by atoms with van der Waals surface area (Å²) in [6.07, 6.45) is -2.51. The van der Waals surface area contributed by atoms with Crippen LogP contribution < -0.4 is 0 Å². The molecule has 0 N–H and O–H groups in total. The Morgan fingerprint density at radius 2 is 2.00 bits per heavy atom. The molecule has 0 bridgehead atoms. The van der Waals surface area contributed by atoms with Gasteiger partial charge in [0.2, 0.25) is 0 Å². The SMILES string of the molecule is CSc1ccc(C(F)(F)F)c(C=O)c1. The molecule has 1 aromatic rings. The fourth-order valence-corrected chi connectivity index (χ4v) is 1.47. The van der Waals surface area contributed by atoms with E-state index in [1.165, 1.54) is 23.9 Å². The van der Waals surface area contributed by atoms with Crippen LogP contribution in [-0.2, 0) is 6.18 Å². The molecule has 0 fully saturated rings. The van der Waals surface area contributed by atoms with Crippen LogP contribution in [0.4, 0.5) is 13.2 Å². The molecule has 14 heavy (non-hydrogen) atoms. The maximum absolute atomic E-state index is 12.3. The van der Waals surface area contributed by atoms with E-state index in [0.717, 1.165) is 6.07 Å². The number of benzene rings is 1. The minimum atomic E-state index is -4.47. The molecule has 5 heteroatoms. The Hall–Kier alpha value is -0.970. The van der Waals surface area contributed by atoms with Crippen LogP contribution >= 0.6 is 11.8 Å². The number of carbonyl (C=O) groups excluding carboxylic acids is 1. The van der Waals surface area contributed by atoms with E-state index in [4.69, 9.17) is 0 Å². The summed E-state index contributed by atoms with van der Waals surface area (Å²) in [6, 6.07) is 3.51. The Labute approximate surface area is 83.3 Å². The average molecular weight is 220 g/mol. The number of rotatable bonds is 2. The van der Waals surface area contributed by atoms with Crippen LogP contribution in [0.5, 0.6) is 0 Å². The lowest BCUT2D eigenvalue weighted by atomic mass is 10.1. The second kappa shape index (κ2) is 4.04. The third-order valence-electron chi connectivity index (χ3n) is 1.69. The normalized spacial score (nSPS) is 11.4. The third-order valence-corrected chi connectivity index (χ3v) is 2.42. The van der Waals surface area contributed by atoms with Crippen molar-refractivity contribution in [1.29, 1.82) is 0 Å². The zero-order chi connectivity index (χ0) is 10.8. The van der Waals surface area contributed by atoms with Crippen molar-refractivity contribution in [2.75, 3.05) is 6.26 Å². The fourth-order valence-electron chi connectivity index (χ4n) is 1.02. The van der Waals surface area contributed by atoms with Gasteiger partial charge in [0.15, 0.2) is 6.29 Å². The summed E-state index contributed by atoms with van der Waals surface area (Å²) in [6.45, 7) is 0. The maximum Gasteiger partial charge on any atom is 0.417 e. The molecule has 0 aromatic heterocycles. The molecule has 0 atom stereocenters. The molecule has 0 amide bonds. The molecule has 1 rings (SSSR count). The van der Waals surface area contributed by atoms with Gasteiger partial charge in [0.1, 0.15) is 0 Å². The Morgan fingerprint density at radius 3 is 2.43 bits per heavy atom. The molecule has 1 nitrogen and oxygen atoms in total. The van der Waals surface area contributed by atoms with E-state index in [9.17, 15) is 18.0 Å². The lowest BCUT2D eigenvalue weighted by Gasteiger charge is -2.09. The molecular formula is C9H7F3OS. The number of carbonyl (C=O) groups is 1. The van der Waals surface area contributed by atoms with Crippen molar-refractivity contribution < 1.29 is 18.0 Å². The number of aldehydes is 1. The monoisotopic (exact) mass is 220 g/mol. The van der Waals surface area contributed by atoms with E-state index < -0.39 is 11.7 Å². The Bertz CT molecular complexity index is 346. The van der Waals surface area contributed by atoms with Crippen molar-refractivity contribution in [3.63, 3.8) is 0 Å². The van der Waals surface area contributed by atoms with Crippen molar-refractivity contribution in [3.05, 3.63) is 29.3 Å². The second-order valence-corrected chi connectivity index (χ2v) is 3.45. The summed E-state index contributed by atoms with van der Waals surface area (Å²) >= 11 is 1.29. The number of thioether (sulfide) groups is 1. The molecule has 0 aliphatic heterocycles. The average Bonchev–Trinajstić information content (AvgIpc) is 2.15. The Balaban J connectivity index is 3.25.